The third-order valence-electron chi connectivity index (χ3n) is 4.92. The van der Waals surface area contributed by atoms with Crippen LogP contribution in [0.15, 0.2) is 35.2 Å². The first-order valence-corrected chi connectivity index (χ1v) is 9.84. The van der Waals surface area contributed by atoms with Crippen LogP contribution in [0.3, 0.4) is 0 Å². The Bertz CT molecular complexity index is 596. The lowest BCUT2D eigenvalue weighted by Crippen LogP contribution is -2.54. The smallest absolute Gasteiger partial charge is 0.245 e. The maximum absolute atomic E-state index is 13.0. The Hall–Kier alpha value is -1.53. The van der Waals surface area contributed by atoms with Crippen LogP contribution in [0.2, 0.25) is 0 Å². The van der Waals surface area contributed by atoms with Gasteiger partial charge in [0.25, 0.3) is 0 Å². The molecule has 1 saturated carbocycles. The van der Waals surface area contributed by atoms with Gasteiger partial charge < -0.3 is 15.0 Å². The van der Waals surface area contributed by atoms with Crippen LogP contribution >= 0.6 is 11.8 Å². The first-order valence-electron chi connectivity index (χ1n) is 9.02. The molecule has 2 fully saturated rings. The number of ether oxygens (including phenoxy) is 1. The SMILES string of the molecule is CC(NC(=O)C1(Sc2ccccc2)CCCC1)C(=O)N1CCOCC1. The van der Waals surface area contributed by atoms with E-state index in [1.165, 1.54) is 0 Å². The van der Waals surface area contributed by atoms with Gasteiger partial charge >= 0.3 is 0 Å². The summed E-state index contributed by atoms with van der Waals surface area (Å²) in [7, 11) is 0. The number of benzene rings is 1. The van der Waals surface area contributed by atoms with Crippen LogP contribution in [0.25, 0.3) is 0 Å². The lowest BCUT2D eigenvalue weighted by molar-refractivity contribution is -0.139. The number of nitrogens with one attached hydrogen (secondary N) is 1. The Labute approximate surface area is 153 Å². The Morgan fingerprint density at radius 2 is 1.80 bits per heavy atom. The van der Waals surface area contributed by atoms with Crippen LogP contribution in [0, 0.1) is 0 Å². The van der Waals surface area contributed by atoms with Gasteiger partial charge in [-0.05, 0) is 31.9 Å². The van der Waals surface area contributed by atoms with Crippen LogP contribution in [-0.4, -0.2) is 53.8 Å². The van der Waals surface area contributed by atoms with Crippen molar-refractivity contribution in [2.45, 2.75) is 48.3 Å². The minimum atomic E-state index is -0.501. The minimum absolute atomic E-state index is 0.00652. The standard InChI is InChI=1S/C19H26N2O3S/c1-15(17(22)21-11-13-24-14-12-21)20-18(23)19(9-5-6-10-19)25-16-7-3-2-4-8-16/h2-4,7-8,15H,5-6,9-14H2,1H3,(H,20,23). The van der Waals surface area contributed by atoms with Gasteiger partial charge in [-0.15, -0.1) is 11.8 Å². The highest BCUT2D eigenvalue weighted by Gasteiger charge is 2.43. The monoisotopic (exact) mass is 362 g/mol. The summed E-state index contributed by atoms with van der Waals surface area (Å²) in [5.74, 6) is -0.0255. The number of carbonyl (C=O) groups is 2. The highest BCUT2D eigenvalue weighted by atomic mass is 32.2. The van der Waals surface area contributed by atoms with Crippen molar-refractivity contribution >= 4 is 23.6 Å². The van der Waals surface area contributed by atoms with Crippen molar-refractivity contribution < 1.29 is 14.3 Å². The van der Waals surface area contributed by atoms with E-state index >= 15 is 0 Å². The first-order chi connectivity index (χ1) is 12.1. The number of nitrogens with zero attached hydrogens (tertiary/aromatic N) is 1. The Morgan fingerprint density at radius 1 is 1.16 bits per heavy atom. The number of hydrogen-bond acceptors (Lipinski definition) is 4. The molecule has 2 amide bonds. The molecule has 0 bridgehead atoms. The van der Waals surface area contributed by atoms with Gasteiger partial charge in [-0.3, -0.25) is 9.59 Å². The predicted molar refractivity (Wildman–Crippen MR) is 98.5 cm³/mol. The van der Waals surface area contributed by atoms with Crippen molar-refractivity contribution in [1.29, 1.82) is 0 Å². The Balaban J connectivity index is 1.65. The van der Waals surface area contributed by atoms with E-state index in [0.717, 1.165) is 30.6 Å². The fourth-order valence-electron chi connectivity index (χ4n) is 3.48. The quantitative estimate of drug-likeness (QED) is 0.874. The fourth-order valence-corrected chi connectivity index (χ4v) is 4.87. The number of morpholine rings is 1. The van der Waals surface area contributed by atoms with Gasteiger partial charge in [-0.1, -0.05) is 31.0 Å². The van der Waals surface area contributed by atoms with Gasteiger partial charge in [0, 0.05) is 18.0 Å². The maximum atomic E-state index is 13.0. The Morgan fingerprint density at radius 3 is 2.44 bits per heavy atom. The zero-order valence-corrected chi connectivity index (χ0v) is 15.5. The predicted octanol–water partition coefficient (Wildman–Crippen LogP) is 2.46. The van der Waals surface area contributed by atoms with Gasteiger partial charge in [0.1, 0.15) is 6.04 Å². The molecule has 1 unspecified atom stereocenters. The lowest BCUT2D eigenvalue weighted by Gasteiger charge is -2.32. The molecular formula is C19H26N2O3S. The molecule has 0 spiro atoms. The van der Waals surface area contributed by atoms with E-state index in [1.807, 2.05) is 30.3 Å². The van der Waals surface area contributed by atoms with Crippen LogP contribution in [0.5, 0.6) is 0 Å². The third kappa shape index (κ3) is 4.36. The highest BCUT2D eigenvalue weighted by molar-refractivity contribution is 8.01. The van der Waals surface area contributed by atoms with E-state index in [9.17, 15) is 9.59 Å². The second-order valence-electron chi connectivity index (χ2n) is 6.75. The molecule has 1 N–H and O–H groups in total. The van der Waals surface area contributed by atoms with Crippen LogP contribution in [0.1, 0.15) is 32.6 Å². The molecule has 5 nitrogen and oxygen atoms in total. The van der Waals surface area contributed by atoms with E-state index in [1.54, 1.807) is 23.6 Å². The largest absolute Gasteiger partial charge is 0.378 e. The highest BCUT2D eigenvalue weighted by Crippen LogP contribution is 2.45. The van der Waals surface area contributed by atoms with Crippen molar-refractivity contribution in [2.24, 2.45) is 0 Å². The summed E-state index contributed by atoms with van der Waals surface area (Å²) in [5, 5.41) is 2.99. The van der Waals surface area contributed by atoms with Crippen molar-refractivity contribution in [3.8, 4) is 0 Å². The molecule has 1 aliphatic carbocycles. The molecule has 2 aliphatic rings. The minimum Gasteiger partial charge on any atom is -0.378 e. The van der Waals surface area contributed by atoms with E-state index in [4.69, 9.17) is 4.74 Å². The second kappa shape index (κ2) is 8.23. The van der Waals surface area contributed by atoms with Crippen molar-refractivity contribution in [3.63, 3.8) is 0 Å². The topological polar surface area (TPSA) is 58.6 Å². The lowest BCUT2D eigenvalue weighted by atomic mass is 10.1. The van der Waals surface area contributed by atoms with Crippen molar-refractivity contribution in [1.82, 2.24) is 10.2 Å². The van der Waals surface area contributed by atoms with Gasteiger partial charge in [0.15, 0.2) is 0 Å². The number of carbonyl (C=O) groups excluding carboxylic acids is 2. The van der Waals surface area contributed by atoms with Gasteiger partial charge in [0.05, 0.1) is 18.0 Å². The summed E-state index contributed by atoms with van der Waals surface area (Å²) in [6.07, 6.45) is 3.83. The van der Waals surface area contributed by atoms with Crippen LogP contribution in [-0.2, 0) is 14.3 Å². The summed E-state index contributed by atoms with van der Waals surface area (Å²) < 4.78 is 4.83. The summed E-state index contributed by atoms with van der Waals surface area (Å²) in [6.45, 7) is 4.12. The number of amides is 2. The van der Waals surface area contributed by atoms with Gasteiger partial charge in [-0.25, -0.2) is 0 Å². The fraction of sp³-hybridized carbons (Fsp3) is 0.579. The van der Waals surface area contributed by atoms with E-state index < -0.39 is 10.8 Å². The first kappa shape index (κ1) is 18.3. The number of rotatable bonds is 5. The zero-order valence-electron chi connectivity index (χ0n) is 14.7. The summed E-state index contributed by atoms with van der Waals surface area (Å²) in [5.41, 5.74) is 0. The molecule has 1 heterocycles. The zero-order chi connectivity index (χ0) is 17.7. The summed E-state index contributed by atoms with van der Waals surface area (Å²) >= 11 is 1.64. The summed E-state index contributed by atoms with van der Waals surface area (Å²) in [6, 6.07) is 9.55. The normalized spacial score (nSPS) is 20.9. The molecule has 1 aromatic carbocycles. The van der Waals surface area contributed by atoms with Crippen molar-refractivity contribution in [3.05, 3.63) is 30.3 Å². The second-order valence-corrected chi connectivity index (χ2v) is 8.21. The molecule has 1 atom stereocenters. The van der Waals surface area contributed by atoms with Crippen molar-refractivity contribution in [2.75, 3.05) is 26.3 Å². The number of thioether (sulfide) groups is 1. The average molecular weight is 362 g/mol. The molecule has 0 aromatic heterocycles. The van der Waals surface area contributed by atoms with E-state index in [0.29, 0.717) is 26.3 Å². The Kier molecular flexibility index (Phi) is 6.02. The molecule has 1 aromatic rings. The molecule has 6 heteroatoms. The number of hydrogen-bond donors (Lipinski definition) is 1. The van der Waals surface area contributed by atoms with E-state index in [-0.39, 0.29) is 11.8 Å². The molecule has 1 saturated heterocycles. The third-order valence-corrected chi connectivity index (χ3v) is 6.41. The average Bonchev–Trinajstić information content (AvgIpc) is 3.12. The molecule has 0 radical (unpaired) electrons. The van der Waals surface area contributed by atoms with Gasteiger partial charge in [0.2, 0.25) is 11.8 Å². The molecule has 136 valence electrons. The molecule has 1 aliphatic heterocycles. The van der Waals surface area contributed by atoms with Crippen LogP contribution in [0.4, 0.5) is 0 Å². The summed E-state index contributed by atoms with van der Waals surface area (Å²) in [4.78, 5) is 28.5. The van der Waals surface area contributed by atoms with Crippen LogP contribution < -0.4 is 5.32 Å². The van der Waals surface area contributed by atoms with Gasteiger partial charge in [-0.2, -0.15) is 0 Å². The maximum Gasteiger partial charge on any atom is 0.245 e. The van der Waals surface area contributed by atoms with E-state index in [2.05, 4.69) is 5.32 Å². The molecule has 25 heavy (non-hydrogen) atoms. The molecular weight excluding hydrogens is 336 g/mol. The molecule has 3 rings (SSSR count).